The van der Waals surface area contributed by atoms with Crippen LogP contribution in [-0.4, -0.2) is 66.1 Å². The highest BCUT2D eigenvalue weighted by molar-refractivity contribution is 5.68. The van der Waals surface area contributed by atoms with Crippen molar-refractivity contribution < 1.29 is 29.0 Å². The molecule has 1 rings (SSSR count). The number of nitro benzene ring substituents is 1. The van der Waals surface area contributed by atoms with E-state index < -0.39 is 16.6 Å². The van der Waals surface area contributed by atoms with Gasteiger partial charge in [0.2, 0.25) is 0 Å². The average Bonchev–Trinajstić information content (AvgIpc) is 2.55. The summed E-state index contributed by atoms with van der Waals surface area (Å²) >= 11 is 0. The van der Waals surface area contributed by atoms with E-state index in [1.54, 1.807) is 32.9 Å². The Morgan fingerprint density at radius 3 is 2.50 bits per heavy atom. The van der Waals surface area contributed by atoms with E-state index in [1.165, 1.54) is 17.0 Å². The highest BCUT2D eigenvalue weighted by Crippen LogP contribution is 2.25. The van der Waals surface area contributed by atoms with Gasteiger partial charge in [0.15, 0.2) is 5.75 Å². The van der Waals surface area contributed by atoms with Crippen molar-refractivity contribution in [1.82, 2.24) is 4.90 Å². The summed E-state index contributed by atoms with van der Waals surface area (Å²) in [5.74, 6) is 0.178. The van der Waals surface area contributed by atoms with Crippen molar-refractivity contribution in [2.75, 3.05) is 39.5 Å². The van der Waals surface area contributed by atoms with E-state index in [2.05, 4.69) is 0 Å². The fourth-order valence-electron chi connectivity index (χ4n) is 1.96. The Kier molecular flexibility index (Phi) is 8.80. The zero-order chi connectivity index (χ0) is 19.6. The maximum Gasteiger partial charge on any atom is 0.410 e. The minimum Gasteiger partial charge on any atom is -0.484 e. The van der Waals surface area contributed by atoms with Gasteiger partial charge >= 0.3 is 11.8 Å². The zero-order valence-corrected chi connectivity index (χ0v) is 15.3. The van der Waals surface area contributed by atoms with Gasteiger partial charge in [0.05, 0.1) is 24.7 Å². The fourth-order valence-corrected chi connectivity index (χ4v) is 1.96. The van der Waals surface area contributed by atoms with Gasteiger partial charge in [-0.15, -0.1) is 0 Å². The van der Waals surface area contributed by atoms with Gasteiger partial charge in [-0.25, -0.2) is 4.79 Å². The molecule has 0 heterocycles. The Morgan fingerprint density at radius 2 is 1.88 bits per heavy atom. The van der Waals surface area contributed by atoms with Crippen molar-refractivity contribution in [3.63, 3.8) is 0 Å². The van der Waals surface area contributed by atoms with Crippen LogP contribution < -0.4 is 4.74 Å². The maximum absolute atomic E-state index is 12.0. The van der Waals surface area contributed by atoms with Gasteiger partial charge in [-0.3, -0.25) is 10.1 Å². The molecule has 1 N–H and O–H groups in total. The molecule has 0 radical (unpaired) electrons. The van der Waals surface area contributed by atoms with Crippen LogP contribution in [-0.2, 0) is 9.47 Å². The summed E-state index contributed by atoms with van der Waals surface area (Å²) in [6.07, 6.45) is -0.522. The van der Waals surface area contributed by atoms with Crippen LogP contribution in [0.2, 0.25) is 0 Å². The number of benzene rings is 1. The lowest BCUT2D eigenvalue weighted by Crippen LogP contribution is -2.40. The van der Waals surface area contributed by atoms with Gasteiger partial charge in [-0.1, -0.05) is 12.1 Å². The molecule has 9 nitrogen and oxygen atoms in total. The van der Waals surface area contributed by atoms with Crippen LogP contribution in [0.15, 0.2) is 24.3 Å². The Morgan fingerprint density at radius 1 is 1.19 bits per heavy atom. The molecule has 0 aromatic heterocycles. The number of rotatable bonds is 10. The molecule has 0 unspecified atom stereocenters. The third-order valence-corrected chi connectivity index (χ3v) is 3.07. The predicted octanol–water partition coefficient (Wildman–Crippen LogP) is 2.22. The van der Waals surface area contributed by atoms with Crippen molar-refractivity contribution in [2.45, 2.75) is 26.4 Å². The third-order valence-electron chi connectivity index (χ3n) is 3.07. The fraction of sp³-hybridized carbons (Fsp3) is 0.588. The van der Waals surface area contributed by atoms with Crippen LogP contribution in [0.25, 0.3) is 0 Å². The summed E-state index contributed by atoms with van der Waals surface area (Å²) in [5.41, 5.74) is -0.726. The standard InChI is InChI=1S/C17H26N2O7/c1-17(2,3)26-16(21)18(8-10-20)9-11-24-12-13-25-15-7-5-4-6-14(15)19(22)23/h4-7,20H,8-13H2,1-3H3. The van der Waals surface area contributed by atoms with E-state index in [-0.39, 0.29) is 51.0 Å². The van der Waals surface area contributed by atoms with Crippen molar-refractivity contribution in [1.29, 1.82) is 0 Å². The van der Waals surface area contributed by atoms with E-state index in [0.29, 0.717) is 0 Å². The van der Waals surface area contributed by atoms with Gasteiger partial charge in [-0.2, -0.15) is 0 Å². The summed E-state index contributed by atoms with van der Waals surface area (Å²) in [4.78, 5) is 23.7. The zero-order valence-electron chi connectivity index (χ0n) is 15.3. The lowest BCUT2D eigenvalue weighted by Gasteiger charge is -2.26. The summed E-state index contributed by atoms with van der Waals surface area (Å²) in [7, 11) is 0. The Balaban J connectivity index is 2.34. The van der Waals surface area contributed by atoms with E-state index in [1.807, 2.05) is 0 Å². The summed E-state index contributed by atoms with van der Waals surface area (Å²) in [6, 6.07) is 6.10. The van der Waals surface area contributed by atoms with Crippen molar-refractivity contribution in [3.8, 4) is 5.75 Å². The maximum atomic E-state index is 12.0. The molecule has 0 aliphatic heterocycles. The number of para-hydroxylation sites is 2. The first kappa shape index (κ1) is 21.7. The molecule has 1 aromatic carbocycles. The minimum atomic E-state index is -0.621. The number of hydrogen-bond donors (Lipinski definition) is 1. The summed E-state index contributed by atoms with van der Waals surface area (Å²) < 4.78 is 16.0. The van der Waals surface area contributed by atoms with E-state index in [4.69, 9.17) is 19.3 Å². The van der Waals surface area contributed by atoms with Crippen LogP contribution in [0.4, 0.5) is 10.5 Å². The first-order chi connectivity index (χ1) is 12.2. The van der Waals surface area contributed by atoms with Crippen LogP contribution in [0, 0.1) is 10.1 Å². The molecule has 1 amide bonds. The van der Waals surface area contributed by atoms with Gasteiger partial charge in [0.25, 0.3) is 0 Å². The molecule has 0 saturated heterocycles. The van der Waals surface area contributed by atoms with Crippen LogP contribution in [0.1, 0.15) is 20.8 Å². The largest absolute Gasteiger partial charge is 0.484 e. The second kappa shape index (κ2) is 10.6. The molecule has 0 spiro atoms. The average molecular weight is 370 g/mol. The van der Waals surface area contributed by atoms with Gasteiger partial charge in [0, 0.05) is 19.2 Å². The highest BCUT2D eigenvalue weighted by atomic mass is 16.6. The van der Waals surface area contributed by atoms with Gasteiger partial charge in [0.1, 0.15) is 12.2 Å². The Hall–Kier alpha value is -2.39. The summed E-state index contributed by atoms with van der Waals surface area (Å²) in [6.45, 7) is 6.06. The number of nitrogens with zero attached hydrogens (tertiary/aromatic N) is 2. The van der Waals surface area contributed by atoms with Crippen LogP contribution in [0.3, 0.4) is 0 Å². The monoisotopic (exact) mass is 370 g/mol. The molecule has 9 heteroatoms. The third kappa shape index (κ3) is 8.13. The molecular weight excluding hydrogens is 344 g/mol. The number of aliphatic hydroxyl groups is 1. The number of carbonyl (C=O) groups excluding carboxylic acids is 1. The van der Waals surface area contributed by atoms with Crippen molar-refractivity contribution in [3.05, 3.63) is 34.4 Å². The SMILES string of the molecule is CC(C)(C)OC(=O)N(CCO)CCOCCOc1ccccc1[N+](=O)[O-]. The van der Waals surface area contributed by atoms with Gasteiger partial charge < -0.3 is 24.2 Å². The number of amides is 1. The first-order valence-corrected chi connectivity index (χ1v) is 8.27. The molecule has 0 atom stereocenters. The molecule has 26 heavy (non-hydrogen) atoms. The van der Waals surface area contributed by atoms with E-state index in [0.717, 1.165) is 0 Å². The van der Waals surface area contributed by atoms with E-state index >= 15 is 0 Å². The van der Waals surface area contributed by atoms with Crippen LogP contribution >= 0.6 is 0 Å². The number of ether oxygens (including phenoxy) is 3. The quantitative estimate of drug-likeness (QED) is 0.382. The number of nitro groups is 1. The van der Waals surface area contributed by atoms with E-state index in [9.17, 15) is 14.9 Å². The highest BCUT2D eigenvalue weighted by Gasteiger charge is 2.21. The molecule has 0 aliphatic carbocycles. The lowest BCUT2D eigenvalue weighted by atomic mass is 10.2. The molecule has 0 bridgehead atoms. The molecule has 0 aliphatic rings. The molecule has 146 valence electrons. The second-order valence-electron chi connectivity index (χ2n) is 6.38. The normalized spacial score (nSPS) is 11.1. The van der Waals surface area contributed by atoms with Gasteiger partial charge in [-0.05, 0) is 26.8 Å². The second-order valence-corrected chi connectivity index (χ2v) is 6.38. The predicted molar refractivity (Wildman–Crippen MR) is 94.3 cm³/mol. The number of hydrogen-bond acceptors (Lipinski definition) is 7. The Labute approximate surface area is 152 Å². The molecule has 0 saturated carbocycles. The molecule has 1 aromatic rings. The topological polar surface area (TPSA) is 111 Å². The van der Waals surface area contributed by atoms with Crippen molar-refractivity contribution >= 4 is 11.8 Å². The Bertz CT molecular complexity index is 587. The van der Waals surface area contributed by atoms with Crippen LogP contribution in [0.5, 0.6) is 5.75 Å². The minimum absolute atomic E-state index is 0.105. The van der Waals surface area contributed by atoms with Crippen molar-refractivity contribution in [2.24, 2.45) is 0 Å². The number of aliphatic hydroxyl groups excluding tert-OH is 1. The molecule has 0 fully saturated rings. The smallest absolute Gasteiger partial charge is 0.410 e. The first-order valence-electron chi connectivity index (χ1n) is 8.27. The lowest BCUT2D eigenvalue weighted by molar-refractivity contribution is -0.385. The summed E-state index contributed by atoms with van der Waals surface area (Å²) in [5, 5.41) is 19.9. The number of carbonyl (C=O) groups is 1. The molecular formula is C17H26N2O7.